The van der Waals surface area contributed by atoms with Crippen molar-refractivity contribution in [1.29, 1.82) is 0 Å². The summed E-state index contributed by atoms with van der Waals surface area (Å²) in [5.41, 5.74) is 2.55. The monoisotopic (exact) mass is 340 g/mol. The predicted molar refractivity (Wildman–Crippen MR) is 103 cm³/mol. The molecule has 4 nitrogen and oxygen atoms in total. The Balaban J connectivity index is 0.000000208. The van der Waals surface area contributed by atoms with Crippen LogP contribution < -0.4 is 0 Å². The van der Waals surface area contributed by atoms with E-state index >= 15 is 0 Å². The van der Waals surface area contributed by atoms with Gasteiger partial charge in [-0.1, -0.05) is 60.7 Å². The van der Waals surface area contributed by atoms with E-state index in [0.717, 1.165) is 13.2 Å². The van der Waals surface area contributed by atoms with Gasteiger partial charge in [0.25, 0.3) is 0 Å². The lowest BCUT2D eigenvalue weighted by Gasteiger charge is -2.09. The Morgan fingerprint density at radius 1 is 0.840 bits per heavy atom. The number of imidazole rings is 1. The highest BCUT2D eigenvalue weighted by Crippen LogP contribution is 2.17. The van der Waals surface area contributed by atoms with Crippen LogP contribution in [-0.2, 0) is 9.47 Å². The molecule has 0 aliphatic heterocycles. The summed E-state index contributed by atoms with van der Waals surface area (Å²) in [7, 11) is 0. The largest absolute Gasteiger partial charge is 0.353 e. The Morgan fingerprint density at radius 2 is 1.32 bits per heavy atom. The van der Waals surface area contributed by atoms with Gasteiger partial charge in [-0.25, -0.2) is 4.98 Å². The van der Waals surface area contributed by atoms with E-state index in [-0.39, 0.29) is 6.29 Å². The summed E-state index contributed by atoms with van der Waals surface area (Å²) in [4.78, 5) is 6.42. The summed E-state index contributed by atoms with van der Waals surface area (Å²) in [6.07, 6.45) is 5.05. The van der Waals surface area contributed by atoms with Gasteiger partial charge >= 0.3 is 0 Å². The fourth-order valence-corrected chi connectivity index (χ4v) is 1.99. The molecule has 0 bridgehead atoms. The van der Waals surface area contributed by atoms with Crippen molar-refractivity contribution in [2.75, 3.05) is 13.2 Å². The lowest BCUT2D eigenvalue weighted by molar-refractivity contribution is -0.123. The molecule has 1 heterocycles. The van der Waals surface area contributed by atoms with E-state index in [1.807, 2.05) is 32.9 Å². The number of aromatic nitrogens is 2. The van der Waals surface area contributed by atoms with Crippen molar-refractivity contribution in [2.24, 2.45) is 0 Å². The van der Waals surface area contributed by atoms with E-state index in [1.54, 1.807) is 18.7 Å². The maximum atomic E-state index is 5.06. The van der Waals surface area contributed by atoms with Crippen LogP contribution in [0.15, 0.2) is 79.4 Å². The summed E-state index contributed by atoms with van der Waals surface area (Å²) in [6.45, 7) is 7.25. The smallest absolute Gasteiger partial charge is 0.154 e. The number of nitrogens with zero attached hydrogens (tertiary/aromatic N) is 1. The molecule has 0 saturated heterocycles. The number of benzene rings is 2. The standard InChI is InChI=1S/C12H10.C6H14O2.C3H4N2/c1-3-7-11(8-4-1)12-9-5-2-6-10-12;1-4-7-6(3)8-5-2;1-2-5-3-4-1/h1-10H;6H,4-5H2,1-3H3;1-3H,(H,4,5). The third-order valence-corrected chi connectivity index (χ3v) is 3.09. The molecule has 2 aromatic carbocycles. The number of nitrogens with one attached hydrogen (secondary N) is 1. The second-order valence-corrected chi connectivity index (χ2v) is 4.97. The zero-order valence-corrected chi connectivity index (χ0v) is 15.3. The van der Waals surface area contributed by atoms with Crippen LogP contribution in [0.4, 0.5) is 0 Å². The fourth-order valence-electron chi connectivity index (χ4n) is 1.99. The topological polar surface area (TPSA) is 47.1 Å². The molecular weight excluding hydrogens is 312 g/mol. The number of H-pyrrole nitrogens is 1. The van der Waals surface area contributed by atoms with Crippen molar-refractivity contribution in [1.82, 2.24) is 9.97 Å². The van der Waals surface area contributed by atoms with Crippen LogP contribution in [0.25, 0.3) is 11.1 Å². The highest BCUT2D eigenvalue weighted by molar-refractivity contribution is 5.62. The first-order chi connectivity index (χ1) is 12.3. The van der Waals surface area contributed by atoms with Crippen molar-refractivity contribution in [3.63, 3.8) is 0 Å². The molecule has 134 valence electrons. The molecule has 3 rings (SSSR count). The summed E-state index contributed by atoms with van der Waals surface area (Å²) >= 11 is 0. The van der Waals surface area contributed by atoms with Gasteiger partial charge in [0.1, 0.15) is 0 Å². The Bertz CT molecular complexity index is 552. The Kier molecular flexibility index (Phi) is 11.5. The molecule has 1 N–H and O–H groups in total. The first-order valence-electron chi connectivity index (χ1n) is 8.54. The maximum absolute atomic E-state index is 5.06. The van der Waals surface area contributed by atoms with Crippen LogP contribution in [0.5, 0.6) is 0 Å². The van der Waals surface area contributed by atoms with Crippen LogP contribution in [-0.4, -0.2) is 29.5 Å². The fraction of sp³-hybridized carbons (Fsp3) is 0.286. The van der Waals surface area contributed by atoms with Gasteiger partial charge in [0.15, 0.2) is 6.29 Å². The van der Waals surface area contributed by atoms with Gasteiger partial charge in [0.05, 0.1) is 6.33 Å². The minimum absolute atomic E-state index is 0.0370. The van der Waals surface area contributed by atoms with E-state index in [9.17, 15) is 0 Å². The minimum Gasteiger partial charge on any atom is -0.353 e. The Labute approximate surface area is 150 Å². The molecule has 4 heteroatoms. The molecular formula is C21H28N2O2. The van der Waals surface area contributed by atoms with Crippen molar-refractivity contribution >= 4 is 0 Å². The summed E-state index contributed by atoms with van der Waals surface area (Å²) in [6, 6.07) is 20.8. The van der Waals surface area contributed by atoms with Gasteiger partial charge in [0, 0.05) is 25.6 Å². The molecule has 0 atom stereocenters. The second-order valence-electron chi connectivity index (χ2n) is 4.97. The predicted octanol–water partition coefficient (Wildman–Crippen LogP) is 5.17. The van der Waals surface area contributed by atoms with Gasteiger partial charge in [-0.05, 0) is 31.9 Å². The molecule has 0 fully saturated rings. The molecule has 0 spiro atoms. The van der Waals surface area contributed by atoms with Crippen LogP contribution in [0.1, 0.15) is 20.8 Å². The highest BCUT2D eigenvalue weighted by atomic mass is 16.7. The molecule has 25 heavy (non-hydrogen) atoms. The van der Waals surface area contributed by atoms with Crippen molar-refractivity contribution in [3.05, 3.63) is 79.4 Å². The lowest BCUT2D eigenvalue weighted by Crippen LogP contribution is -2.11. The van der Waals surface area contributed by atoms with Gasteiger partial charge in [0.2, 0.25) is 0 Å². The number of ether oxygens (including phenoxy) is 2. The summed E-state index contributed by atoms with van der Waals surface area (Å²) < 4.78 is 10.1. The quantitative estimate of drug-likeness (QED) is 0.652. The number of hydrogen-bond donors (Lipinski definition) is 1. The van der Waals surface area contributed by atoms with Crippen molar-refractivity contribution < 1.29 is 9.47 Å². The van der Waals surface area contributed by atoms with Crippen LogP contribution in [0, 0.1) is 0 Å². The average Bonchev–Trinajstić information content (AvgIpc) is 3.24. The van der Waals surface area contributed by atoms with Crippen LogP contribution >= 0.6 is 0 Å². The summed E-state index contributed by atoms with van der Waals surface area (Å²) in [5.74, 6) is 0. The van der Waals surface area contributed by atoms with Crippen LogP contribution in [0.2, 0.25) is 0 Å². The maximum Gasteiger partial charge on any atom is 0.154 e. The molecule has 0 aliphatic rings. The molecule has 0 unspecified atom stereocenters. The number of rotatable bonds is 5. The average molecular weight is 340 g/mol. The van der Waals surface area contributed by atoms with Crippen LogP contribution in [0.3, 0.4) is 0 Å². The molecule has 0 saturated carbocycles. The van der Waals surface area contributed by atoms with E-state index < -0.39 is 0 Å². The van der Waals surface area contributed by atoms with Gasteiger partial charge < -0.3 is 14.5 Å². The minimum atomic E-state index is -0.0370. The van der Waals surface area contributed by atoms with E-state index in [0.29, 0.717) is 0 Å². The number of aromatic amines is 1. The van der Waals surface area contributed by atoms with E-state index in [4.69, 9.17) is 9.47 Å². The molecule has 3 aromatic rings. The molecule has 1 aromatic heterocycles. The first-order valence-corrected chi connectivity index (χ1v) is 8.54. The van der Waals surface area contributed by atoms with Gasteiger partial charge in [-0.2, -0.15) is 0 Å². The second kappa shape index (κ2) is 14.0. The van der Waals surface area contributed by atoms with Gasteiger partial charge in [-0.15, -0.1) is 0 Å². The van der Waals surface area contributed by atoms with Crippen molar-refractivity contribution in [3.8, 4) is 11.1 Å². The first kappa shape index (κ1) is 20.6. The lowest BCUT2D eigenvalue weighted by atomic mass is 10.1. The van der Waals surface area contributed by atoms with Gasteiger partial charge in [-0.3, -0.25) is 0 Å². The third-order valence-electron chi connectivity index (χ3n) is 3.09. The zero-order valence-electron chi connectivity index (χ0n) is 15.3. The zero-order chi connectivity index (χ0) is 18.2. The molecule has 0 radical (unpaired) electrons. The summed E-state index contributed by atoms with van der Waals surface area (Å²) in [5, 5.41) is 0. The number of hydrogen-bond acceptors (Lipinski definition) is 3. The molecule has 0 aliphatic carbocycles. The van der Waals surface area contributed by atoms with E-state index in [2.05, 4.69) is 58.5 Å². The Hall–Kier alpha value is -2.43. The van der Waals surface area contributed by atoms with E-state index in [1.165, 1.54) is 11.1 Å². The Morgan fingerprint density at radius 3 is 1.60 bits per heavy atom. The third kappa shape index (κ3) is 10.1. The molecule has 0 amide bonds. The normalized spacial score (nSPS) is 9.60. The highest BCUT2D eigenvalue weighted by Gasteiger charge is 1.94. The van der Waals surface area contributed by atoms with Crippen molar-refractivity contribution in [2.45, 2.75) is 27.1 Å². The SMILES string of the molecule is CCOC(C)OCC.c1c[nH]cn1.c1ccc(-c2ccccc2)cc1.